The lowest BCUT2D eigenvalue weighted by atomic mass is 9.60. The van der Waals surface area contributed by atoms with Crippen LogP contribution in [-0.2, 0) is 16.0 Å². The SMILES string of the molecule is NC1c2cc1c1c(c2OCC(=O)NC23CCC(NC(=O)COc4ccc(Cl)c(F)c4)(CC2)C[C@@H]3O)CCS1. The third kappa shape index (κ3) is 4.41. The minimum Gasteiger partial charge on any atom is -0.484 e. The van der Waals surface area contributed by atoms with Gasteiger partial charge in [0.05, 0.1) is 22.7 Å². The van der Waals surface area contributed by atoms with Crippen molar-refractivity contribution in [2.24, 2.45) is 5.73 Å². The van der Waals surface area contributed by atoms with Gasteiger partial charge in [0.2, 0.25) is 0 Å². The third-order valence-corrected chi connectivity index (χ3v) is 9.86. The molecule has 202 valence electrons. The lowest BCUT2D eigenvalue weighted by Gasteiger charge is -2.56. The summed E-state index contributed by atoms with van der Waals surface area (Å²) in [5.74, 6) is 0.665. The molecule has 2 aromatic rings. The number of ether oxygens (including phenoxy) is 2. The zero-order valence-electron chi connectivity index (χ0n) is 20.6. The van der Waals surface area contributed by atoms with Crippen LogP contribution < -0.4 is 25.8 Å². The standard InChI is InChI=1S/C27H29ClFN3O5S/c28-18-2-1-14(9-19(18)29)36-12-21(34)31-26-4-6-27(7-5-26,20(33)11-26)32-22(35)13-37-24-15-3-8-38-25(15)17-10-16(24)23(17)30/h1-2,9-10,20,23,33H,3-8,11-13,30H2,(H,31,34)(H,32,35)/t20-,23?,26?,27?/m0/s1. The van der Waals surface area contributed by atoms with Crippen LogP contribution >= 0.6 is 23.4 Å². The van der Waals surface area contributed by atoms with Gasteiger partial charge in [0, 0.05) is 33.4 Å². The molecule has 5 aliphatic carbocycles. The predicted molar refractivity (Wildman–Crippen MR) is 140 cm³/mol. The summed E-state index contributed by atoms with van der Waals surface area (Å²) in [6.07, 6.45) is 2.68. The van der Waals surface area contributed by atoms with E-state index in [1.54, 1.807) is 11.8 Å². The van der Waals surface area contributed by atoms with Crippen LogP contribution in [0.1, 0.15) is 54.8 Å². The Morgan fingerprint density at radius 2 is 1.84 bits per heavy atom. The van der Waals surface area contributed by atoms with Gasteiger partial charge in [0.15, 0.2) is 13.2 Å². The molecule has 8 nitrogen and oxygen atoms in total. The minimum atomic E-state index is -0.816. The molecule has 1 heterocycles. The van der Waals surface area contributed by atoms with Crippen molar-refractivity contribution in [3.8, 4) is 11.5 Å². The molecule has 1 unspecified atom stereocenters. The number of rotatable bonds is 8. The van der Waals surface area contributed by atoms with Crippen molar-refractivity contribution < 1.29 is 28.6 Å². The van der Waals surface area contributed by atoms with Crippen molar-refractivity contribution >= 4 is 35.2 Å². The Hall–Kier alpha value is -2.53. The molecular weight excluding hydrogens is 533 g/mol. The Balaban J connectivity index is 1.02. The van der Waals surface area contributed by atoms with Gasteiger partial charge in [-0.1, -0.05) is 11.6 Å². The number of thioether (sulfide) groups is 1. The number of benzene rings is 2. The fourth-order valence-corrected chi connectivity index (χ4v) is 7.62. The number of aliphatic hydroxyl groups excluding tert-OH is 1. The molecule has 3 saturated carbocycles. The molecule has 1 aliphatic heterocycles. The summed E-state index contributed by atoms with van der Waals surface area (Å²) < 4.78 is 25.0. The summed E-state index contributed by atoms with van der Waals surface area (Å²) in [7, 11) is 0. The summed E-state index contributed by atoms with van der Waals surface area (Å²) in [5, 5.41) is 17.1. The third-order valence-electron chi connectivity index (χ3n) is 8.37. The number of nitrogens with two attached hydrogens (primary N) is 1. The second-order valence-electron chi connectivity index (χ2n) is 10.7. The zero-order valence-corrected chi connectivity index (χ0v) is 22.2. The Bertz CT molecular complexity index is 1320. The second kappa shape index (κ2) is 9.59. The zero-order chi connectivity index (χ0) is 26.7. The highest BCUT2D eigenvalue weighted by Gasteiger charge is 2.55. The molecule has 8 rings (SSSR count). The number of fused-ring (bicyclic) bond motifs is 3. The molecule has 2 atom stereocenters. The molecule has 0 saturated heterocycles. The van der Waals surface area contributed by atoms with Gasteiger partial charge in [-0.25, -0.2) is 4.39 Å². The Kier molecular flexibility index (Phi) is 6.49. The van der Waals surface area contributed by atoms with E-state index in [0.29, 0.717) is 32.1 Å². The molecule has 38 heavy (non-hydrogen) atoms. The van der Waals surface area contributed by atoms with Gasteiger partial charge in [0.25, 0.3) is 11.8 Å². The van der Waals surface area contributed by atoms with Crippen LogP contribution in [0.5, 0.6) is 11.5 Å². The number of amides is 2. The highest BCUT2D eigenvalue weighted by Crippen LogP contribution is 2.52. The first-order chi connectivity index (χ1) is 18.2. The fraction of sp³-hybridized carbons (Fsp3) is 0.481. The minimum absolute atomic E-state index is 0.0226. The van der Waals surface area contributed by atoms with Gasteiger partial charge in [-0.3, -0.25) is 9.59 Å². The predicted octanol–water partition coefficient (Wildman–Crippen LogP) is 3.00. The summed E-state index contributed by atoms with van der Waals surface area (Å²) in [6.45, 7) is -0.428. The van der Waals surface area contributed by atoms with Crippen molar-refractivity contribution in [3.05, 3.63) is 51.8 Å². The molecule has 0 radical (unpaired) electrons. The number of carbonyl (C=O) groups excluding carboxylic acids is 2. The number of carbonyl (C=O) groups is 2. The van der Waals surface area contributed by atoms with E-state index < -0.39 is 23.0 Å². The van der Waals surface area contributed by atoms with Crippen molar-refractivity contribution in [3.63, 3.8) is 0 Å². The van der Waals surface area contributed by atoms with Gasteiger partial charge < -0.3 is 30.9 Å². The van der Waals surface area contributed by atoms with Gasteiger partial charge >= 0.3 is 0 Å². The van der Waals surface area contributed by atoms with Crippen LogP contribution in [0.15, 0.2) is 29.2 Å². The molecule has 0 aromatic heterocycles. The van der Waals surface area contributed by atoms with E-state index in [2.05, 4.69) is 10.6 Å². The van der Waals surface area contributed by atoms with Gasteiger partial charge in [-0.15, -0.1) is 11.8 Å². The second-order valence-corrected chi connectivity index (χ2v) is 12.2. The van der Waals surface area contributed by atoms with Crippen LogP contribution in [0, 0.1) is 5.82 Å². The molecule has 2 amide bonds. The number of aliphatic hydroxyl groups is 1. The molecule has 2 aromatic carbocycles. The van der Waals surface area contributed by atoms with Gasteiger partial charge in [-0.2, -0.15) is 0 Å². The first-order valence-corrected chi connectivity index (χ1v) is 14.1. The van der Waals surface area contributed by atoms with Crippen LogP contribution in [0.2, 0.25) is 5.02 Å². The molecule has 5 N–H and O–H groups in total. The van der Waals surface area contributed by atoms with E-state index in [9.17, 15) is 19.1 Å². The average molecular weight is 562 g/mol. The highest BCUT2D eigenvalue weighted by molar-refractivity contribution is 7.99. The van der Waals surface area contributed by atoms with E-state index in [-0.39, 0.29) is 41.8 Å². The molecular formula is C27H29ClFN3O5S. The number of hydrogen-bond donors (Lipinski definition) is 4. The molecule has 4 bridgehead atoms. The monoisotopic (exact) mass is 561 g/mol. The molecule has 6 aliphatic rings. The van der Waals surface area contributed by atoms with Gasteiger partial charge in [0.1, 0.15) is 17.3 Å². The molecule has 11 heteroatoms. The maximum atomic E-state index is 13.6. The lowest BCUT2D eigenvalue weighted by Crippen LogP contribution is -2.70. The van der Waals surface area contributed by atoms with E-state index in [0.717, 1.165) is 35.1 Å². The van der Waals surface area contributed by atoms with Crippen molar-refractivity contribution in [2.45, 2.75) is 66.6 Å². The van der Waals surface area contributed by atoms with Crippen molar-refractivity contribution in [1.29, 1.82) is 0 Å². The van der Waals surface area contributed by atoms with E-state index in [4.69, 9.17) is 26.8 Å². The topological polar surface area (TPSA) is 123 Å². The van der Waals surface area contributed by atoms with Crippen LogP contribution in [0.4, 0.5) is 4.39 Å². The van der Waals surface area contributed by atoms with Crippen molar-refractivity contribution in [1.82, 2.24) is 10.6 Å². The normalized spacial score (nSPS) is 28.3. The summed E-state index contributed by atoms with van der Waals surface area (Å²) in [5.41, 5.74) is 8.21. The Morgan fingerprint density at radius 1 is 1.11 bits per heavy atom. The number of halogens is 2. The van der Waals surface area contributed by atoms with E-state index in [1.165, 1.54) is 22.6 Å². The fourth-order valence-electron chi connectivity index (χ4n) is 6.27. The molecule has 3 fully saturated rings. The number of nitrogens with one attached hydrogen (secondary N) is 2. The highest BCUT2D eigenvalue weighted by atomic mass is 35.5. The first-order valence-electron chi connectivity index (χ1n) is 12.8. The lowest BCUT2D eigenvalue weighted by molar-refractivity contribution is -0.137. The smallest absolute Gasteiger partial charge is 0.258 e. The van der Waals surface area contributed by atoms with Crippen LogP contribution in [-0.4, -0.2) is 53.1 Å². The average Bonchev–Trinajstić information content (AvgIpc) is 3.39. The van der Waals surface area contributed by atoms with Gasteiger partial charge in [-0.05, 0) is 62.3 Å². The molecule has 0 spiro atoms. The number of hydrogen-bond acceptors (Lipinski definition) is 7. The first kappa shape index (κ1) is 25.7. The van der Waals surface area contributed by atoms with E-state index in [1.807, 2.05) is 6.07 Å². The summed E-state index contributed by atoms with van der Waals surface area (Å²) >= 11 is 7.46. The van der Waals surface area contributed by atoms with Crippen molar-refractivity contribution in [2.75, 3.05) is 19.0 Å². The summed E-state index contributed by atoms with van der Waals surface area (Å²) in [4.78, 5) is 26.7. The maximum Gasteiger partial charge on any atom is 0.258 e. The Morgan fingerprint density at radius 3 is 2.55 bits per heavy atom. The van der Waals surface area contributed by atoms with Crippen LogP contribution in [0.3, 0.4) is 0 Å². The Labute approximate surface area is 228 Å². The largest absolute Gasteiger partial charge is 0.484 e. The summed E-state index contributed by atoms with van der Waals surface area (Å²) in [6, 6.07) is 5.89. The van der Waals surface area contributed by atoms with E-state index >= 15 is 0 Å². The quantitative estimate of drug-likeness (QED) is 0.391. The van der Waals surface area contributed by atoms with Crippen LogP contribution in [0.25, 0.3) is 0 Å². The maximum absolute atomic E-state index is 13.6.